The molecular weight excluding hydrogens is 607 g/mol. The average molecular weight is 642 g/mol. The normalized spacial score (nSPS) is 13.3. The van der Waals surface area contributed by atoms with E-state index in [0.29, 0.717) is 0 Å². The molecule has 0 fully saturated rings. The standard InChI is InChI=1S/C48H35NO/c1-30-26-32(42-27-31-12-4-5-13-35(31)36-14-6-7-15-37(36)42)20-25-45(30)49(34-22-24-41-40-17-9-11-19-46(40)50-47(41)29-34)33-21-23-39-38-16-8-10-18-43(38)48(2,3)44(39)28-33/h4-29H,1-3H3. The molecule has 0 unspecified atom stereocenters. The van der Waals surface area contributed by atoms with E-state index >= 15 is 0 Å². The van der Waals surface area contributed by atoms with E-state index in [2.05, 4.69) is 171 Å². The van der Waals surface area contributed by atoms with Crippen LogP contribution in [0, 0.1) is 6.92 Å². The molecule has 0 spiro atoms. The molecule has 1 aliphatic rings. The Morgan fingerprint density at radius 3 is 1.98 bits per heavy atom. The van der Waals surface area contributed by atoms with E-state index in [1.807, 2.05) is 12.1 Å². The molecule has 0 radical (unpaired) electrons. The molecular formula is C48H35NO. The molecule has 10 rings (SSSR count). The molecule has 0 saturated carbocycles. The Kier molecular flexibility index (Phi) is 6.17. The van der Waals surface area contributed by atoms with Crippen molar-refractivity contribution in [3.63, 3.8) is 0 Å². The van der Waals surface area contributed by atoms with Crippen LogP contribution in [0.3, 0.4) is 0 Å². The molecule has 1 heterocycles. The molecule has 2 heteroatoms. The maximum absolute atomic E-state index is 6.42. The molecule has 9 aromatic rings. The van der Waals surface area contributed by atoms with Gasteiger partial charge in [0.15, 0.2) is 0 Å². The molecule has 0 aliphatic heterocycles. The number of anilines is 3. The van der Waals surface area contributed by atoms with Crippen molar-refractivity contribution in [1.82, 2.24) is 0 Å². The van der Waals surface area contributed by atoms with Crippen molar-refractivity contribution in [3.05, 3.63) is 174 Å². The average Bonchev–Trinajstić information content (AvgIpc) is 3.63. The maximum Gasteiger partial charge on any atom is 0.137 e. The van der Waals surface area contributed by atoms with Crippen LogP contribution < -0.4 is 4.90 Å². The number of aryl methyl sites for hydroxylation is 1. The summed E-state index contributed by atoms with van der Waals surface area (Å²) in [5.41, 5.74) is 14.1. The lowest BCUT2D eigenvalue weighted by molar-refractivity contribution is 0.660. The lowest BCUT2D eigenvalue weighted by Gasteiger charge is -2.29. The first-order valence-corrected chi connectivity index (χ1v) is 17.4. The third-order valence-corrected chi connectivity index (χ3v) is 11.0. The van der Waals surface area contributed by atoms with Gasteiger partial charge < -0.3 is 9.32 Å². The van der Waals surface area contributed by atoms with Gasteiger partial charge in [-0.25, -0.2) is 0 Å². The summed E-state index contributed by atoms with van der Waals surface area (Å²) in [6.07, 6.45) is 0. The molecule has 50 heavy (non-hydrogen) atoms. The summed E-state index contributed by atoms with van der Waals surface area (Å²) in [6.45, 7) is 6.93. The van der Waals surface area contributed by atoms with Gasteiger partial charge in [0, 0.05) is 39.3 Å². The number of rotatable bonds is 4. The lowest BCUT2D eigenvalue weighted by Crippen LogP contribution is -2.17. The second-order valence-electron chi connectivity index (χ2n) is 14.2. The zero-order valence-electron chi connectivity index (χ0n) is 28.4. The summed E-state index contributed by atoms with van der Waals surface area (Å²) in [7, 11) is 0. The van der Waals surface area contributed by atoms with Crippen LogP contribution >= 0.6 is 0 Å². The molecule has 0 N–H and O–H groups in total. The van der Waals surface area contributed by atoms with Gasteiger partial charge in [0.25, 0.3) is 0 Å². The highest BCUT2D eigenvalue weighted by Crippen LogP contribution is 2.51. The molecule has 1 aromatic heterocycles. The molecule has 0 saturated heterocycles. The molecule has 238 valence electrons. The number of fused-ring (bicyclic) bond motifs is 9. The van der Waals surface area contributed by atoms with Crippen LogP contribution in [0.4, 0.5) is 17.1 Å². The SMILES string of the molecule is Cc1cc(-c2cc3ccccc3c3ccccc23)ccc1N(c1ccc2c(c1)C(C)(C)c1ccccc1-2)c1ccc2c(c1)oc1ccccc12. The topological polar surface area (TPSA) is 16.4 Å². The van der Waals surface area contributed by atoms with E-state index in [1.165, 1.54) is 60.5 Å². The van der Waals surface area contributed by atoms with Crippen LogP contribution in [-0.4, -0.2) is 0 Å². The van der Waals surface area contributed by atoms with Crippen molar-refractivity contribution in [2.24, 2.45) is 0 Å². The summed E-state index contributed by atoms with van der Waals surface area (Å²) in [5.74, 6) is 0. The fourth-order valence-electron chi connectivity index (χ4n) is 8.48. The quantitative estimate of drug-likeness (QED) is 0.178. The molecule has 0 amide bonds. The van der Waals surface area contributed by atoms with Gasteiger partial charge in [0.2, 0.25) is 0 Å². The van der Waals surface area contributed by atoms with Gasteiger partial charge in [-0.3, -0.25) is 0 Å². The number of hydrogen-bond acceptors (Lipinski definition) is 2. The summed E-state index contributed by atoms with van der Waals surface area (Å²) in [4.78, 5) is 2.41. The maximum atomic E-state index is 6.42. The number of furan rings is 1. The van der Waals surface area contributed by atoms with Crippen molar-refractivity contribution in [2.75, 3.05) is 4.90 Å². The highest BCUT2D eigenvalue weighted by molar-refractivity contribution is 6.14. The Morgan fingerprint density at radius 1 is 0.460 bits per heavy atom. The van der Waals surface area contributed by atoms with E-state index in [-0.39, 0.29) is 5.41 Å². The van der Waals surface area contributed by atoms with Crippen LogP contribution in [0.15, 0.2) is 162 Å². The van der Waals surface area contributed by atoms with E-state index in [0.717, 1.165) is 39.0 Å². The van der Waals surface area contributed by atoms with Crippen molar-refractivity contribution in [2.45, 2.75) is 26.2 Å². The minimum Gasteiger partial charge on any atom is -0.456 e. The van der Waals surface area contributed by atoms with Gasteiger partial charge in [-0.15, -0.1) is 0 Å². The Hall–Kier alpha value is -6.12. The van der Waals surface area contributed by atoms with Gasteiger partial charge in [0.1, 0.15) is 11.2 Å². The first kappa shape index (κ1) is 28.9. The van der Waals surface area contributed by atoms with E-state index in [4.69, 9.17) is 4.42 Å². The summed E-state index contributed by atoms with van der Waals surface area (Å²) >= 11 is 0. The Labute approximate surface area is 291 Å². The molecule has 2 nitrogen and oxygen atoms in total. The number of hydrogen-bond donors (Lipinski definition) is 0. The third kappa shape index (κ3) is 4.21. The zero-order chi connectivity index (χ0) is 33.6. The fourth-order valence-corrected chi connectivity index (χ4v) is 8.48. The van der Waals surface area contributed by atoms with Gasteiger partial charge in [-0.2, -0.15) is 0 Å². The molecule has 1 aliphatic carbocycles. The van der Waals surface area contributed by atoms with Crippen LogP contribution in [0.2, 0.25) is 0 Å². The largest absolute Gasteiger partial charge is 0.456 e. The predicted molar refractivity (Wildman–Crippen MR) is 211 cm³/mol. The van der Waals surface area contributed by atoms with Gasteiger partial charge in [-0.05, 0) is 116 Å². The minimum absolute atomic E-state index is 0.105. The zero-order valence-corrected chi connectivity index (χ0v) is 28.4. The Bertz CT molecular complexity index is 2820. The second-order valence-corrected chi connectivity index (χ2v) is 14.2. The monoisotopic (exact) mass is 641 g/mol. The predicted octanol–water partition coefficient (Wildman–Crippen LogP) is 13.6. The van der Waals surface area contributed by atoms with Gasteiger partial charge in [-0.1, -0.05) is 117 Å². The fraction of sp³-hybridized carbons (Fsp3) is 0.0833. The van der Waals surface area contributed by atoms with Gasteiger partial charge >= 0.3 is 0 Å². The molecule has 0 bridgehead atoms. The first-order valence-electron chi connectivity index (χ1n) is 17.4. The van der Waals surface area contributed by atoms with Crippen LogP contribution in [0.5, 0.6) is 0 Å². The Morgan fingerprint density at radius 2 is 1.12 bits per heavy atom. The first-order chi connectivity index (χ1) is 24.5. The van der Waals surface area contributed by atoms with Crippen molar-refractivity contribution in [1.29, 1.82) is 0 Å². The van der Waals surface area contributed by atoms with Crippen molar-refractivity contribution >= 4 is 60.5 Å². The highest BCUT2D eigenvalue weighted by Gasteiger charge is 2.35. The summed E-state index contributed by atoms with van der Waals surface area (Å²) in [6, 6.07) is 57.6. The number of para-hydroxylation sites is 1. The van der Waals surface area contributed by atoms with Crippen LogP contribution in [0.25, 0.3) is 65.7 Å². The summed E-state index contributed by atoms with van der Waals surface area (Å²) in [5, 5.41) is 7.36. The van der Waals surface area contributed by atoms with Crippen molar-refractivity contribution in [3.8, 4) is 22.3 Å². The molecule has 0 atom stereocenters. The smallest absolute Gasteiger partial charge is 0.137 e. The van der Waals surface area contributed by atoms with Crippen molar-refractivity contribution < 1.29 is 4.42 Å². The number of benzene rings is 8. The highest BCUT2D eigenvalue weighted by atomic mass is 16.3. The minimum atomic E-state index is -0.105. The number of nitrogens with zero attached hydrogens (tertiary/aromatic N) is 1. The Balaban J connectivity index is 1.17. The third-order valence-electron chi connectivity index (χ3n) is 11.0. The van der Waals surface area contributed by atoms with E-state index < -0.39 is 0 Å². The van der Waals surface area contributed by atoms with Crippen LogP contribution in [0.1, 0.15) is 30.5 Å². The van der Waals surface area contributed by atoms with Gasteiger partial charge in [0.05, 0.1) is 0 Å². The lowest BCUT2D eigenvalue weighted by atomic mass is 9.82. The second kappa shape index (κ2) is 10.7. The van der Waals surface area contributed by atoms with Crippen LogP contribution in [-0.2, 0) is 5.41 Å². The molecule has 8 aromatic carbocycles. The summed E-state index contributed by atoms with van der Waals surface area (Å²) < 4.78 is 6.42. The van der Waals surface area contributed by atoms with E-state index in [1.54, 1.807) is 0 Å². The van der Waals surface area contributed by atoms with E-state index in [9.17, 15) is 0 Å².